The molecule has 13 heteroatoms. The predicted molar refractivity (Wildman–Crippen MR) is 145 cm³/mol. The second-order valence-corrected chi connectivity index (χ2v) is 9.64. The van der Waals surface area contributed by atoms with Gasteiger partial charge in [0, 0.05) is 35.3 Å². The molecule has 0 aliphatic rings. The molecule has 4 aromatic carbocycles. The van der Waals surface area contributed by atoms with Gasteiger partial charge >= 0.3 is 12.3 Å². The smallest absolute Gasteiger partial charge is 0.429 e. The largest absolute Gasteiger partial charge is 0.458 e. The Labute approximate surface area is 247 Å². The topological polar surface area (TPSA) is 35.0 Å². The summed E-state index contributed by atoms with van der Waals surface area (Å²) in [5.74, 6) is -7.55. The summed E-state index contributed by atoms with van der Waals surface area (Å²) in [5.41, 5.74) is -2.08. The Morgan fingerprint density at radius 2 is 1.49 bits per heavy atom. The Bertz CT molecular complexity index is 2030. The van der Waals surface area contributed by atoms with Gasteiger partial charge in [0.25, 0.3) is 0 Å². The zero-order chi connectivity index (χ0) is 32.7. The van der Waals surface area contributed by atoms with E-state index in [2.05, 4.69) is 21.3 Å². The average Bonchev–Trinajstić information content (AvgIpc) is 2.94. The standard InChI is InChI=1S/C32H16F10N2O/c1-2-3-4-16-14-43-30(44-15-16)17-5-6-21-18(9-17)11-25(35)27(29(21)37)32(41,42)45-20-10-19-12-23(33)22(7-8-31(38,39)40)28(36)26(19)24(34)13-20/h2,5-6,9-15H,1,3-4H2. The Kier molecular flexibility index (Phi) is 8.18. The lowest BCUT2D eigenvalue weighted by Crippen LogP contribution is -2.25. The van der Waals surface area contributed by atoms with Gasteiger partial charge in [-0.25, -0.2) is 31.9 Å². The molecule has 3 nitrogen and oxygen atoms in total. The molecule has 0 bridgehead atoms. The monoisotopic (exact) mass is 634 g/mol. The van der Waals surface area contributed by atoms with Crippen molar-refractivity contribution in [3.63, 3.8) is 0 Å². The van der Waals surface area contributed by atoms with E-state index in [-0.39, 0.29) is 17.3 Å². The zero-order valence-corrected chi connectivity index (χ0v) is 22.5. The summed E-state index contributed by atoms with van der Waals surface area (Å²) < 4.78 is 146. The summed E-state index contributed by atoms with van der Waals surface area (Å²) in [4.78, 5) is 8.44. The first-order valence-electron chi connectivity index (χ1n) is 12.8. The molecule has 0 saturated heterocycles. The summed E-state index contributed by atoms with van der Waals surface area (Å²) in [7, 11) is 0. The van der Waals surface area contributed by atoms with E-state index >= 15 is 17.6 Å². The number of nitrogens with zero attached hydrogens (tertiary/aromatic N) is 2. The maximum atomic E-state index is 15.4. The molecule has 230 valence electrons. The van der Waals surface area contributed by atoms with Gasteiger partial charge in [0.05, 0.1) is 10.9 Å². The Morgan fingerprint density at radius 3 is 2.16 bits per heavy atom. The van der Waals surface area contributed by atoms with Gasteiger partial charge in [-0.3, -0.25) is 0 Å². The molecule has 1 heterocycles. The first-order valence-corrected chi connectivity index (χ1v) is 12.8. The minimum absolute atomic E-state index is 0.117. The number of ether oxygens (including phenoxy) is 1. The van der Waals surface area contributed by atoms with Crippen LogP contribution in [0.1, 0.15) is 23.1 Å². The van der Waals surface area contributed by atoms with Gasteiger partial charge in [-0.2, -0.15) is 22.0 Å². The second-order valence-electron chi connectivity index (χ2n) is 9.64. The Hall–Kier alpha value is -5.12. The van der Waals surface area contributed by atoms with Crippen molar-refractivity contribution in [2.45, 2.75) is 25.1 Å². The number of hydrogen-bond donors (Lipinski definition) is 0. The number of hydrogen-bond acceptors (Lipinski definition) is 3. The van der Waals surface area contributed by atoms with Crippen LogP contribution in [0.4, 0.5) is 43.9 Å². The lowest BCUT2D eigenvalue weighted by molar-refractivity contribution is -0.189. The Morgan fingerprint density at radius 1 is 0.800 bits per heavy atom. The van der Waals surface area contributed by atoms with Crippen LogP contribution in [0.2, 0.25) is 0 Å². The number of fused-ring (bicyclic) bond motifs is 2. The van der Waals surface area contributed by atoms with E-state index in [9.17, 15) is 26.3 Å². The van der Waals surface area contributed by atoms with E-state index in [1.54, 1.807) is 18.5 Å². The quantitative estimate of drug-likeness (QED) is 0.102. The maximum Gasteiger partial charge on any atom is 0.458 e. The molecular formula is C32H16F10N2O. The van der Waals surface area contributed by atoms with Gasteiger partial charge in [-0.1, -0.05) is 24.1 Å². The fraction of sp³-hybridized carbons (Fsp3) is 0.125. The first-order chi connectivity index (χ1) is 21.2. The van der Waals surface area contributed by atoms with E-state index in [4.69, 9.17) is 0 Å². The fourth-order valence-corrected chi connectivity index (χ4v) is 4.53. The molecule has 5 aromatic rings. The summed E-state index contributed by atoms with van der Waals surface area (Å²) >= 11 is 0. The third kappa shape index (κ3) is 6.40. The number of allylic oxidation sites excluding steroid dienone is 1. The molecule has 0 fully saturated rings. The molecule has 0 saturated carbocycles. The van der Waals surface area contributed by atoms with Crippen LogP contribution in [0.25, 0.3) is 32.9 Å². The van der Waals surface area contributed by atoms with Crippen LogP contribution in [0.3, 0.4) is 0 Å². The third-order valence-electron chi connectivity index (χ3n) is 6.55. The van der Waals surface area contributed by atoms with E-state index < -0.39 is 74.4 Å². The van der Waals surface area contributed by atoms with Crippen LogP contribution >= 0.6 is 0 Å². The number of rotatable bonds is 7. The highest BCUT2D eigenvalue weighted by Gasteiger charge is 2.42. The number of aromatic nitrogens is 2. The second kappa shape index (κ2) is 11.8. The molecule has 0 unspecified atom stereocenters. The van der Waals surface area contributed by atoms with E-state index in [1.807, 2.05) is 0 Å². The SMILES string of the molecule is C=CCCc1cnc(-c2ccc3c(F)c(C(F)(F)Oc4cc(F)c5c(F)c(C#CC(F)(F)F)c(F)cc5c4)c(F)cc3c2)nc1. The van der Waals surface area contributed by atoms with E-state index in [0.29, 0.717) is 42.5 Å². The van der Waals surface area contributed by atoms with Crippen molar-refractivity contribution in [1.82, 2.24) is 9.97 Å². The first kappa shape index (κ1) is 31.3. The third-order valence-corrected chi connectivity index (χ3v) is 6.55. The molecule has 1 aromatic heterocycles. The van der Waals surface area contributed by atoms with Crippen LogP contribution in [-0.4, -0.2) is 16.1 Å². The van der Waals surface area contributed by atoms with Gasteiger partial charge in [0.1, 0.15) is 34.6 Å². The highest BCUT2D eigenvalue weighted by Crippen LogP contribution is 2.40. The van der Waals surface area contributed by atoms with Crippen LogP contribution < -0.4 is 4.74 Å². The molecule has 0 amide bonds. The Balaban J connectivity index is 1.49. The molecule has 0 spiro atoms. The highest BCUT2D eigenvalue weighted by atomic mass is 19.4. The fourth-order valence-electron chi connectivity index (χ4n) is 4.53. The van der Waals surface area contributed by atoms with Crippen molar-refractivity contribution in [2.75, 3.05) is 0 Å². The van der Waals surface area contributed by atoms with Crippen molar-refractivity contribution in [3.8, 4) is 29.0 Å². The maximum absolute atomic E-state index is 15.4. The van der Waals surface area contributed by atoms with Gasteiger partial charge in [0.15, 0.2) is 11.6 Å². The van der Waals surface area contributed by atoms with Crippen LogP contribution in [0.5, 0.6) is 5.75 Å². The van der Waals surface area contributed by atoms with Crippen molar-refractivity contribution >= 4 is 21.5 Å². The van der Waals surface area contributed by atoms with Crippen molar-refractivity contribution in [3.05, 3.63) is 113 Å². The van der Waals surface area contributed by atoms with Crippen LogP contribution in [0.15, 0.2) is 67.5 Å². The number of benzene rings is 4. The summed E-state index contributed by atoms with van der Waals surface area (Å²) in [5, 5.41) is -2.36. The van der Waals surface area contributed by atoms with Gasteiger partial charge < -0.3 is 4.74 Å². The minimum Gasteiger partial charge on any atom is -0.429 e. The van der Waals surface area contributed by atoms with Gasteiger partial charge in [-0.15, -0.1) is 6.58 Å². The van der Waals surface area contributed by atoms with Gasteiger partial charge in [0.2, 0.25) is 0 Å². The van der Waals surface area contributed by atoms with Crippen molar-refractivity contribution in [1.29, 1.82) is 0 Å². The van der Waals surface area contributed by atoms with Gasteiger partial charge in [-0.05, 0) is 53.4 Å². The number of halogens is 10. The molecular weight excluding hydrogens is 618 g/mol. The van der Waals surface area contributed by atoms with Crippen molar-refractivity contribution in [2.24, 2.45) is 0 Å². The normalized spacial score (nSPS) is 11.9. The van der Waals surface area contributed by atoms with E-state index in [1.165, 1.54) is 18.1 Å². The number of alkyl halides is 5. The minimum atomic E-state index is -5.11. The summed E-state index contributed by atoms with van der Waals surface area (Å²) in [6, 6.07) is 5.42. The summed E-state index contributed by atoms with van der Waals surface area (Å²) in [6.45, 7) is 3.63. The van der Waals surface area contributed by atoms with Crippen molar-refractivity contribution < 1.29 is 48.6 Å². The van der Waals surface area contributed by atoms with Crippen LogP contribution in [-0.2, 0) is 12.5 Å². The molecule has 0 radical (unpaired) electrons. The summed E-state index contributed by atoms with van der Waals surface area (Å²) in [6.07, 6.45) is -3.68. The molecule has 45 heavy (non-hydrogen) atoms. The predicted octanol–water partition coefficient (Wildman–Crippen LogP) is 9.31. The molecule has 0 aliphatic heterocycles. The van der Waals surface area contributed by atoms with E-state index in [0.717, 1.165) is 11.6 Å². The molecule has 0 atom stereocenters. The molecule has 5 rings (SSSR count). The number of aryl methyl sites for hydroxylation is 1. The lowest BCUT2D eigenvalue weighted by Gasteiger charge is -2.21. The average molecular weight is 634 g/mol. The lowest BCUT2D eigenvalue weighted by atomic mass is 10.0. The molecule has 0 N–H and O–H groups in total. The van der Waals surface area contributed by atoms with Crippen LogP contribution in [0, 0.1) is 40.9 Å². The zero-order valence-electron chi connectivity index (χ0n) is 22.5. The molecule has 0 aliphatic carbocycles. The highest BCUT2D eigenvalue weighted by molar-refractivity contribution is 5.88.